The van der Waals surface area contributed by atoms with E-state index in [0.29, 0.717) is 30.5 Å². The fraction of sp³-hybridized carbons (Fsp3) is 0.333. The summed E-state index contributed by atoms with van der Waals surface area (Å²) in [4.78, 5) is 19.4. The first-order chi connectivity index (χ1) is 13.3. The van der Waals surface area contributed by atoms with Crippen LogP contribution in [0.25, 0.3) is 11.1 Å². The number of amides is 1. The third-order valence-electron chi connectivity index (χ3n) is 4.84. The highest BCUT2D eigenvalue weighted by atomic mass is 16.5. The third kappa shape index (κ3) is 3.60. The van der Waals surface area contributed by atoms with E-state index in [1.54, 1.807) is 6.07 Å². The Morgan fingerprint density at radius 3 is 2.93 bits per heavy atom. The number of ether oxygens (including phenoxy) is 1. The summed E-state index contributed by atoms with van der Waals surface area (Å²) in [6.07, 6.45) is 2.04. The third-order valence-corrected chi connectivity index (χ3v) is 4.84. The fourth-order valence-corrected chi connectivity index (χ4v) is 3.52. The van der Waals surface area contributed by atoms with Crippen LogP contribution in [0.3, 0.4) is 0 Å². The molecule has 6 nitrogen and oxygen atoms in total. The number of anilines is 1. The Kier molecular flexibility index (Phi) is 4.96. The highest BCUT2D eigenvalue weighted by molar-refractivity contribution is 5.96. The van der Waals surface area contributed by atoms with Gasteiger partial charge in [-0.2, -0.15) is 4.98 Å². The Hall–Kier alpha value is -3.02. The van der Waals surface area contributed by atoms with Gasteiger partial charge in [-0.15, -0.1) is 0 Å². The minimum atomic E-state index is -0.122. The first kappa shape index (κ1) is 17.4. The van der Waals surface area contributed by atoms with E-state index in [1.165, 1.54) is 0 Å². The molecule has 0 radical (unpaired) electrons. The molecule has 1 aliphatic heterocycles. The monoisotopic (exact) mass is 365 g/mol. The van der Waals surface area contributed by atoms with E-state index < -0.39 is 0 Å². The summed E-state index contributed by atoms with van der Waals surface area (Å²) < 4.78 is 11.5. The lowest BCUT2D eigenvalue weighted by molar-refractivity contribution is 0.0947. The van der Waals surface area contributed by atoms with Crippen LogP contribution in [0, 0.1) is 0 Å². The number of carbonyl (C=O) groups is 1. The molecule has 0 bridgehead atoms. The Balaban J connectivity index is 1.45. The molecule has 1 atom stereocenters. The quantitative estimate of drug-likeness (QED) is 0.723. The van der Waals surface area contributed by atoms with E-state index in [-0.39, 0.29) is 11.9 Å². The lowest BCUT2D eigenvalue weighted by Crippen LogP contribution is -2.40. The minimum absolute atomic E-state index is 0.122. The summed E-state index contributed by atoms with van der Waals surface area (Å²) in [5.74, 6) is 0.489. The Labute approximate surface area is 158 Å². The number of rotatable bonds is 6. The number of fused-ring (bicyclic) bond motifs is 1. The number of para-hydroxylation sites is 3. The van der Waals surface area contributed by atoms with Crippen LogP contribution >= 0.6 is 0 Å². The summed E-state index contributed by atoms with van der Waals surface area (Å²) in [6, 6.07) is 15.9. The second-order valence-electron chi connectivity index (χ2n) is 6.59. The van der Waals surface area contributed by atoms with Crippen molar-refractivity contribution < 1.29 is 13.9 Å². The van der Waals surface area contributed by atoms with Crippen molar-refractivity contribution in [2.45, 2.75) is 25.8 Å². The lowest BCUT2D eigenvalue weighted by Gasteiger charge is -2.23. The zero-order chi connectivity index (χ0) is 18.6. The van der Waals surface area contributed by atoms with Gasteiger partial charge in [0.1, 0.15) is 11.3 Å². The van der Waals surface area contributed by atoms with Gasteiger partial charge in [0.15, 0.2) is 5.58 Å². The fourth-order valence-electron chi connectivity index (χ4n) is 3.52. The molecule has 1 saturated heterocycles. The van der Waals surface area contributed by atoms with Gasteiger partial charge in [-0.25, -0.2) is 0 Å². The highest BCUT2D eigenvalue weighted by Gasteiger charge is 2.29. The molecule has 4 rings (SSSR count). The molecule has 0 spiro atoms. The van der Waals surface area contributed by atoms with E-state index in [2.05, 4.69) is 15.2 Å². The van der Waals surface area contributed by atoms with Gasteiger partial charge in [-0.1, -0.05) is 24.3 Å². The van der Waals surface area contributed by atoms with E-state index >= 15 is 0 Å². The number of carbonyl (C=O) groups excluding carboxylic acids is 1. The van der Waals surface area contributed by atoms with Crippen LogP contribution in [-0.2, 0) is 0 Å². The largest absolute Gasteiger partial charge is 0.493 e. The molecule has 3 aromatic rings. The standard InChI is InChI=1S/C21H23N3O3/c1-2-26-18-11-5-3-9-16(18)20(25)22-14-15-8-7-13-24(15)21-23-17-10-4-6-12-19(17)27-21/h3-6,9-12,15H,2,7-8,13-14H2,1H3,(H,22,25)/t15-/m0/s1. The van der Waals surface area contributed by atoms with Crippen LogP contribution in [0.1, 0.15) is 30.1 Å². The first-order valence-corrected chi connectivity index (χ1v) is 9.38. The van der Waals surface area contributed by atoms with Gasteiger partial charge in [0.2, 0.25) is 0 Å². The molecule has 1 amide bonds. The number of nitrogens with zero attached hydrogens (tertiary/aromatic N) is 2. The van der Waals surface area contributed by atoms with Gasteiger partial charge in [0, 0.05) is 13.1 Å². The van der Waals surface area contributed by atoms with E-state index in [4.69, 9.17) is 9.15 Å². The topological polar surface area (TPSA) is 67.6 Å². The van der Waals surface area contributed by atoms with Gasteiger partial charge in [0.25, 0.3) is 11.9 Å². The molecular weight excluding hydrogens is 342 g/mol. The van der Waals surface area contributed by atoms with Crippen molar-refractivity contribution >= 4 is 23.0 Å². The minimum Gasteiger partial charge on any atom is -0.493 e. The maximum atomic E-state index is 12.6. The second-order valence-corrected chi connectivity index (χ2v) is 6.59. The lowest BCUT2D eigenvalue weighted by atomic mass is 10.1. The Bertz CT molecular complexity index is 904. The summed E-state index contributed by atoms with van der Waals surface area (Å²) in [5, 5.41) is 3.04. The van der Waals surface area contributed by atoms with Crippen LogP contribution in [0.2, 0.25) is 0 Å². The maximum Gasteiger partial charge on any atom is 0.298 e. The molecule has 2 aromatic carbocycles. The normalized spacial score (nSPS) is 16.6. The molecule has 1 N–H and O–H groups in total. The highest BCUT2D eigenvalue weighted by Crippen LogP contribution is 2.28. The number of hydrogen-bond donors (Lipinski definition) is 1. The van der Waals surface area contributed by atoms with Crippen molar-refractivity contribution in [1.82, 2.24) is 10.3 Å². The van der Waals surface area contributed by atoms with Gasteiger partial charge in [-0.3, -0.25) is 4.79 Å². The molecule has 0 aliphatic carbocycles. The van der Waals surface area contributed by atoms with Gasteiger partial charge >= 0.3 is 0 Å². The number of oxazole rings is 1. The van der Waals surface area contributed by atoms with Crippen LogP contribution in [0.5, 0.6) is 5.75 Å². The molecule has 1 aromatic heterocycles. The number of aromatic nitrogens is 1. The van der Waals surface area contributed by atoms with Crippen molar-refractivity contribution in [3.05, 3.63) is 54.1 Å². The van der Waals surface area contributed by atoms with Crippen molar-refractivity contribution in [1.29, 1.82) is 0 Å². The zero-order valence-corrected chi connectivity index (χ0v) is 15.4. The first-order valence-electron chi connectivity index (χ1n) is 9.38. The van der Waals surface area contributed by atoms with E-state index in [0.717, 1.165) is 30.5 Å². The summed E-state index contributed by atoms with van der Waals surface area (Å²) in [7, 11) is 0. The predicted octanol–water partition coefficient (Wildman–Crippen LogP) is 3.63. The molecule has 6 heteroatoms. The number of benzene rings is 2. The molecule has 27 heavy (non-hydrogen) atoms. The van der Waals surface area contributed by atoms with Crippen molar-refractivity contribution in [2.24, 2.45) is 0 Å². The average Bonchev–Trinajstić information content (AvgIpc) is 3.33. The predicted molar refractivity (Wildman–Crippen MR) is 104 cm³/mol. The van der Waals surface area contributed by atoms with Crippen molar-refractivity contribution in [3.63, 3.8) is 0 Å². The van der Waals surface area contributed by atoms with Crippen molar-refractivity contribution in [3.8, 4) is 5.75 Å². The molecule has 0 saturated carbocycles. The maximum absolute atomic E-state index is 12.6. The van der Waals surface area contributed by atoms with Crippen molar-refractivity contribution in [2.75, 3.05) is 24.6 Å². The summed E-state index contributed by atoms with van der Waals surface area (Å²) in [5.41, 5.74) is 2.20. The van der Waals surface area contributed by atoms with Crippen LogP contribution in [-0.4, -0.2) is 36.6 Å². The molecule has 140 valence electrons. The molecular formula is C21H23N3O3. The molecule has 0 unspecified atom stereocenters. The smallest absolute Gasteiger partial charge is 0.298 e. The van der Waals surface area contributed by atoms with E-state index in [1.807, 2.05) is 49.4 Å². The average molecular weight is 365 g/mol. The molecule has 1 aliphatic rings. The van der Waals surface area contributed by atoms with E-state index in [9.17, 15) is 4.79 Å². The molecule has 1 fully saturated rings. The Morgan fingerprint density at radius 1 is 1.26 bits per heavy atom. The molecule has 2 heterocycles. The van der Waals surface area contributed by atoms with Crippen LogP contribution in [0.15, 0.2) is 52.9 Å². The van der Waals surface area contributed by atoms with Gasteiger partial charge in [-0.05, 0) is 44.0 Å². The summed E-state index contributed by atoms with van der Waals surface area (Å²) in [6.45, 7) is 3.85. The summed E-state index contributed by atoms with van der Waals surface area (Å²) >= 11 is 0. The van der Waals surface area contributed by atoms with Gasteiger partial charge < -0.3 is 19.4 Å². The van der Waals surface area contributed by atoms with Gasteiger partial charge in [0.05, 0.1) is 18.2 Å². The van der Waals surface area contributed by atoms with Crippen LogP contribution < -0.4 is 15.0 Å². The Morgan fingerprint density at radius 2 is 2.07 bits per heavy atom. The SMILES string of the molecule is CCOc1ccccc1C(=O)NC[C@@H]1CCCN1c1nc2ccccc2o1. The number of hydrogen-bond acceptors (Lipinski definition) is 5. The second kappa shape index (κ2) is 7.70. The van der Waals surface area contributed by atoms with Crippen LogP contribution in [0.4, 0.5) is 6.01 Å². The number of nitrogens with one attached hydrogen (secondary N) is 1. The zero-order valence-electron chi connectivity index (χ0n) is 15.4.